The summed E-state index contributed by atoms with van der Waals surface area (Å²) >= 11 is 0. The van der Waals surface area contributed by atoms with Crippen LogP contribution >= 0.6 is 0 Å². The van der Waals surface area contributed by atoms with Gasteiger partial charge in [-0.05, 0) is 80.9 Å². The molecule has 0 saturated heterocycles. The molecule has 9 aromatic carbocycles. The van der Waals surface area contributed by atoms with E-state index in [1.165, 1.54) is 33.4 Å². The molecule has 4 aromatic heterocycles. The van der Waals surface area contributed by atoms with Crippen LogP contribution in [0.25, 0.3) is 112 Å². The van der Waals surface area contributed by atoms with E-state index in [2.05, 4.69) is 182 Å². The Morgan fingerprint density at radius 1 is 0.257 bits per heavy atom. The van der Waals surface area contributed by atoms with Gasteiger partial charge in [0.25, 0.3) is 0 Å². The van der Waals surface area contributed by atoms with Crippen LogP contribution in [-0.2, 0) is 0 Å². The van der Waals surface area contributed by atoms with Crippen LogP contribution in [-0.4, -0.2) is 19.9 Å². The lowest BCUT2D eigenvalue weighted by Crippen LogP contribution is -2.27. The third-order valence-electron chi connectivity index (χ3n) is 15.1. The highest BCUT2D eigenvalue weighted by atomic mass is 16.3. The molecular formula is C68H42N4O2. The third kappa shape index (κ3) is 6.95. The Bertz CT molecular complexity index is 4030. The van der Waals surface area contributed by atoms with Crippen LogP contribution in [0.4, 0.5) is 0 Å². The Balaban J connectivity index is 0.812. The number of rotatable bonds is 8. The predicted octanol–water partition coefficient (Wildman–Crippen LogP) is 17.1. The highest BCUT2D eigenvalue weighted by Crippen LogP contribution is 2.57. The fraction of sp³-hybridized carbons (Fsp3) is 0.0294. The average Bonchev–Trinajstić information content (AvgIpc) is 4.17. The predicted molar refractivity (Wildman–Crippen MR) is 295 cm³/mol. The molecule has 13 aromatic rings. The highest BCUT2D eigenvalue weighted by molar-refractivity contribution is 5.95. The van der Waals surface area contributed by atoms with Crippen LogP contribution in [0.15, 0.2) is 252 Å². The molecule has 0 aliphatic heterocycles. The lowest BCUT2D eigenvalue weighted by Gasteiger charge is -2.42. The lowest BCUT2D eigenvalue weighted by molar-refractivity contribution is 0.616. The van der Waals surface area contributed by atoms with E-state index in [1.54, 1.807) is 0 Å². The van der Waals surface area contributed by atoms with Crippen molar-refractivity contribution in [2.45, 2.75) is 11.8 Å². The van der Waals surface area contributed by atoms with E-state index in [-0.39, 0.29) is 11.8 Å². The Morgan fingerprint density at radius 3 is 1.00 bits per heavy atom. The summed E-state index contributed by atoms with van der Waals surface area (Å²) in [6.45, 7) is 0. The van der Waals surface area contributed by atoms with Crippen LogP contribution in [0.3, 0.4) is 0 Å². The van der Waals surface area contributed by atoms with Gasteiger partial charge in [0.15, 0.2) is 11.6 Å². The summed E-state index contributed by atoms with van der Waals surface area (Å²) in [6.07, 6.45) is 3.69. The normalized spacial score (nSPS) is 14.2. The number of benzene rings is 9. The molecule has 0 fully saturated rings. The van der Waals surface area contributed by atoms with Crippen LogP contribution in [0.2, 0.25) is 0 Å². The SMILES string of the molecule is c1ccc(-c2cc(-c3ccc(-c4coc5ccccc45)cc3)nc(-c3ccc4c(c3)C3c5ccccc5C4c4cc(-c5nc(-c6ccccc6)cc(-c6ccc(-c7coc8ccccc78)cc6)n5)ccc43)n2)cc1. The van der Waals surface area contributed by atoms with Crippen molar-refractivity contribution in [3.63, 3.8) is 0 Å². The Kier molecular flexibility index (Phi) is 9.60. The van der Waals surface area contributed by atoms with Gasteiger partial charge >= 0.3 is 0 Å². The molecule has 6 nitrogen and oxygen atoms in total. The van der Waals surface area contributed by atoms with Crippen LogP contribution in [0.1, 0.15) is 45.2 Å². The second-order valence-electron chi connectivity index (χ2n) is 19.3. The van der Waals surface area contributed by atoms with Crippen molar-refractivity contribution in [1.29, 1.82) is 0 Å². The monoisotopic (exact) mass is 946 g/mol. The molecular weight excluding hydrogens is 905 g/mol. The first kappa shape index (κ1) is 42.0. The molecule has 2 bridgehead atoms. The number of aromatic nitrogens is 4. The van der Waals surface area contributed by atoms with Gasteiger partial charge in [0, 0.05) is 67.1 Å². The average molecular weight is 947 g/mol. The first-order valence-electron chi connectivity index (χ1n) is 25.1. The Morgan fingerprint density at radius 2 is 0.581 bits per heavy atom. The van der Waals surface area contributed by atoms with Gasteiger partial charge in [-0.15, -0.1) is 0 Å². The molecule has 2 unspecified atom stereocenters. The maximum Gasteiger partial charge on any atom is 0.160 e. The maximum atomic E-state index is 5.90. The van der Waals surface area contributed by atoms with Crippen molar-refractivity contribution >= 4 is 21.9 Å². The summed E-state index contributed by atoms with van der Waals surface area (Å²) in [5.41, 5.74) is 23.5. The van der Waals surface area contributed by atoms with Gasteiger partial charge in [-0.1, -0.05) is 194 Å². The molecule has 0 spiro atoms. The number of hydrogen-bond donors (Lipinski definition) is 0. The molecule has 4 heterocycles. The highest BCUT2D eigenvalue weighted by Gasteiger charge is 2.41. The topological polar surface area (TPSA) is 77.8 Å². The smallest absolute Gasteiger partial charge is 0.160 e. The molecule has 2 atom stereocenters. The van der Waals surface area contributed by atoms with Gasteiger partial charge in [0.1, 0.15) is 11.2 Å². The van der Waals surface area contributed by atoms with E-state index in [4.69, 9.17) is 28.8 Å². The zero-order chi connectivity index (χ0) is 48.7. The molecule has 16 rings (SSSR count). The zero-order valence-electron chi connectivity index (χ0n) is 39.9. The van der Waals surface area contributed by atoms with Crippen molar-refractivity contribution in [3.8, 4) is 90.1 Å². The van der Waals surface area contributed by atoms with E-state index < -0.39 is 0 Å². The summed E-state index contributed by atoms with van der Waals surface area (Å²) in [4.78, 5) is 21.2. The van der Waals surface area contributed by atoms with Gasteiger partial charge in [-0.3, -0.25) is 0 Å². The number of fused-ring (bicyclic) bond motifs is 2. The summed E-state index contributed by atoms with van der Waals surface area (Å²) in [6, 6.07) is 81.2. The minimum absolute atomic E-state index is 0.0246. The second-order valence-corrected chi connectivity index (χ2v) is 19.3. The van der Waals surface area contributed by atoms with E-state index in [9.17, 15) is 0 Å². The fourth-order valence-electron chi connectivity index (χ4n) is 11.5. The molecule has 6 heteroatoms. The first-order chi connectivity index (χ1) is 36.6. The van der Waals surface area contributed by atoms with Crippen LogP contribution in [0.5, 0.6) is 0 Å². The van der Waals surface area contributed by atoms with Gasteiger partial charge in [-0.25, -0.2) is 19.9 Å². The number of nitrogens with zero attached hydrogens (tertiary/aromatic N) is 4. The molecule has 74 heavy (non-hydrogen) atoms. The minimum Gasteiger partial charge on any atom is -0.464 e. The standard InChI is InChI=1S/C68H42N4O2/c1-3-13-43(14-4-1)59-37-61(45-27-23-41(24-28-45)57-39-73-63-21-11-9-17-49(57)63)71-67(69-59)47-31-33-53-55(35-47)65-51-19-7-8-20-52(51)66(53)56-36-48(32-34-54(56)65)68-70-60(44-15-5-2-6-16-44)38-62(72-68)46-29-25-42(26-30-46)58-40-74-64-22-12-10-18-50(58)64/h1-40,65-66H. The largest absolute Gasteiger partial charge is 0.464 e. The molecule has 3 aliphatic rings. The zero-order valence-corrected chi connectivity index (χ0v) is 39.9. The lowest BCUT2D eigenvalue weighted by atomic mass is 9.61. The first-order valence-corrected chi connectivity index (χ1v) is 25.1. The third-order valence-corrected chi connectivity index (χ3v) is 15.1. The second kappa shape index (κ2) is 16.9. The summed E-state index contributed by atoms with van der Waals surface area (Å²) in [5.74, 6) is 1.43. The summed E-state index contributed by atoms with van der Waals surface area (Å²) < 4.78 is 11.8. The van der Waals surface area contributed by atoms with Crippen molar-refractivity contribution in [3.05, 3.63) is 276 Å². The van der Waals surface area contributed by atoms with Crippen LogP contribution < -0.4 is 0 Å². The van der Waals surface area contributed by atoms with Gasteiger partial charge in [-0.2, -0.15) is 0 Å². The number of furan rings is 2. The van der Waals surface area contributed by atoms with E-state index in [0.29, 0.717) is 11.6 Å². The van der Waals surface area contributed by atoms with Gasteiger partial charge in [0.2, 0.25) is 0 Å². The van der Waals surface area contributed by atoms with Crippen molar-refractivity contribution in [2.24, 2.45) is 0 Å². The van der Waals surface area contributed by atoms with Crippen molar-refractivity contribution < 1.29 is 8.83 Å². The van der Waals surface area contributed by atoms with Crippen LogP contribution in [0, 0.1) is 0 Å². The van der Waals surface area contributed by atoms with Gasteiger partial charge < -0.3 is 8.83 Å². The fourth-order valence-corrected chi connectivity index (χ4v) is 11.5. The minimum atomic E-state index is 0.0246. The summed E-state index contributed by atoms with van der Waals surface area (Å²) in [7, 11) is 0. The Hall–Kier alpha value is -9.78. The quantitative estimate of drug-likeness (QED) is 0.151. The summed E-state index contributed by atoms with van der Waals surface area (Å²) in [5, 5.41) is 2.19. The van der Waals surface area contributed by atoms with Crippen molar-refractivity contribution in [1.82, 2.24) is 19.9 Å². The molecule has 0 radical (unpaired) electrons. The van der Waals surface area contributed by atoms with Crippen molar-refractivity contribution in [2.75, 3.05) is 0 Å². The molecule has 3 aliphatic carbocycles. The van der Waals surface area contributed by atoms with Gasteiger partial charge in [0.05, 0.1) is 35.3 Å². The maximum absolute atomic E-state index is 5.90. The molecule has 0 amide bonds. The Labute approximate surface area is 427 Å². The molecule has 0 N–H and O–H groups in total. The molecule has 0 saturated carbocycles. The number of hydrogen-bond acceptors (Lipinski definition) is 6. The van der Waals surface area contributed by atoms with E-state index in [1.807, 2.05) is 61.1 Å². The van der Waals surface area contributed by atoms with E-state index >= 15 is 0 Å². The molecule has 346 valence electrons. The number of para-hydroxylation sites is 2. The van der Waals surface area contributed by atoms with E-state index in [0.717, 1.165) is 100 Å².